The van der Waals surface area contributed by atoms with Gasteiger partial charge in [-0.05, 0) is 51.3 Å². The Morgan fingerprint density at radius 3 is 2.52 bits per heavy atom. The molecule has 4 atom stereocenters. The highest BCUT2D eigenvalue weighted by molar-refractivity contribution is 7.99. The molecule has 122 valence electrons. The number of hydrogen-bond acceptors (Lipinski definition) is 4. The first kappa shape index (κ1) is 17.3. The summed E-state index contributed by atoms with van der Waals surface area (Å²) in [4.78, 5) is 14.6. The Bertz CT molecular complexity index is 344. The molecular formula is C17H31NO2S. The minimum absolute atomic E-state index is 0.245. The van der Waals surface area contributed by atoms with E-state index in [2.05, 4.69) is 25.8 Å². The number of nitrogens with zero attached hydrogens (tertiary/aromatic N) is 1. The Labute approximate surface area is 134 Å². The molecule has 1 saturated heterocycles. The molecule has 0 radical (unpaired) electrons. The van der Waals surface area contributed by atoms with Crippen LogP contribution in [0.25, 0.3) is 0 Å². The molecule has 0 amide bonds. The van der Waals surface area contributed by atoms with Crippen LogP contribution >= 0.6 is 11.8 Å². The highest BCUT2D eigenvalue weighted by atomic mass is 32.2. The van der Waals surface area contributed by atoms with E-state index in [1.165, 1.54) is 6.42 Å². The van der Waals surface area contributed by atoms with Crippen LogP contribution in [-0.2, 0) is 9.53 Å². The van der Waals surface area contributed by atoms with Gasteiger partial charge in [-0.2, -0.15) is 11.8 Å². The Morgan fingerprint density at radius 2 is 1.95 bits per heavy atom. The second-order valence-corrected chi connectivity index (χ2v) is 8.28. The molecule has 2 fully saturated rings. The molecule has 2 rings (SSSR count). The maximum Gasteiger partial charge on any atom is 0.133 e. The molecule has 2 aliphatic rings. The van der Waals surface area contributed by atoms with Crippen molar-refractivity contribution in [3.8, 4) is 0 Å². The lowest BCUT2D eigenvalue weighted by molar-refractivity contribution is -0.124. The average molecular weight is 314 g/mol. The summed E-state index contributed by atoms with van der Waals surface area (Å²) in [6.07, 6.45) is 4.58. The lowest BCUT2D eigenvalue weighted by Gasteiger charge is -2.46. The van der Waals surface area contributed by atoms with Crippen molar-refractivity contribution in [1.29, 1.82) is 0 Å². The van der Waals surface area contributed by atoms with Crippen molar-refractivity contribution in [3.63, 3.8) is 0 Å². The normalized spacial score (nSPS) is 35.1. The summed E-state index contributed by atoms with van der Waals surface area (Å²) < 4.78 is 5.50. The van der Waals surface area contributed by atoms with Gasteiger partial charge in [-0.25, -0.2) is 0 Å². The van der Waals surface area contributed by atoms with E-state index in [9.17, 15) is 4.79 Å². The predicted molar refractivity (Wildman–Crippen MR) is 89.9 cm³/mol. The van der Waals surface area contributed by atoms with Gasteiger partial charge in [-0.3, -0.25) is 9.69 Å². The Morgan fingerprint density at radius 1 is 1.29 bits per heavy atom. The van der Waals surface area contributed by atoms with Gasteiger partial charge in [0, 0.05) is 36.5 Å². The first-order valence-corrected chi connectivity index (χ1v) is 9.51. The summed E-state index contributed by atoms with van der Waals surface area (Å²) in [5, 5.41) is 0.646. The third-order valence-corrected chi connectivity index (χ3v) is 6.67. The van der Waals surface area contributed by atoms with E-state index in [-0.39, 0.29) is 5.92 Å². The van der Waals surface area contributed by atoms with Gasteiger partial charge in [0.25, 0.3) is 0 Å². The van der Waals surface area contributed by atoms with Crippen molar-refractivity contribution in [1.82, 2.24) is 4.90 Å². The summed E-state index contributed by atoms with van der Waals surface area (Å²) in [5.74, 6) is 2.26. The smallest absolute Gasteiger partial charge is 0.133 e. The molecule has 1 aliphatic carbocycles. The van der Waals surface area contributed by atoms with Crippen LogP contribution in [0, 0.1) is 11.8 Å². The molecule has 1 heterocycles. The summed E-state index contributed by atoms with van der Waals surface area (Å²) in [7, 11) is 2.27. The van der Waals surface area contributed by atoms with Crippen LogP contribution in [0.15, 0.2) is 0 Å². The fraction of sp³-hybridized carbons (Fsp3) is 0.941. The van der Waals surface area contributed by atoms with Crippen molar-refractivity contribution in [2.24, 2.45) is 11.8 Å². The fourth-order valence-electron chi connectivity index (χ4n) is 4.15. The summed E-state index contributed by atoms with van der Waals surface area (Å²) in [5.41, 5.74) is 0. The molecule has 0 bridgehead atoms. The zero-order valence-electron chi connectivity index (χ0n) is 14.0. The minimum Gasteiger partial charge on any atom is -0.381 e. The lowest BCUT2D eigenvalue weighted by Crippen LogP contribution is -2.52. The number of Topliss-reactive ketones (excluding diaryl/α,β-unsaturated/α-hetero) is 1. The zero-order valence-corrected chi connectivity index (χ0v) is 14.8. The van der Waals surface area contributed by atoms with E-state index in [0.717, 1.165) is 38.2 Å². The molecule has 3 nitrogen and oxygen atoms in total. The summed E-state index contributed by atoms with van der Waals surface area (Å²) >= 11 is 2.04. The monoisotopic (exact) mass is 313 g/mol. The number of carbonyl (C=O) groups excluding carboxylic acids is 1. The van der Waals surface area contributed by atoms with Gasteiger partial charge in [0.15, 0.2) is 0 Å². The topological polar surface area (TPSA) is 29.5 Å². The molecule has 0 N–H and O–H groups in total. The van der Waals surface area contributed by atoms with Crippen LogP contribution in [0.5, 0.6) is 0 Å². The zero-order chi connectivity index (χ0) is 15.4. The van der Waals surface area contributed by atoms with Gasteiger partial charge in [0.2, 0.25) is 0 Å². The molecule has 0 aromatic carbocycles. The van der Waals surface area contributed by atoms with Crippen LogP contribution < -0.4 is 0 Å². The molecule has 21 heavy (non-hydrogen) atoms. The predicted octanol–water partition coefficient (Wildman–Crippen LogP) is 3.22. The maximum absolute atomic E-state index is 12.1. The van der Waals surface area contributed by atoms with Crippen molar-refractivity contribution in [2.75, 3.05) is 26.0 Å². The number of carbonyl (C=O) groups is 1. The first-order chi connectivity index (χ1) is 10.0. The van der Waals surface area contributed by atoms with Gasteiger partial charge in [0.1, 0.15) is 5.78 Å². The highest BCUT2D eigenvalue weighted by Gasteiger charge is 2.40. The Kier molecular flexibility index (Phi) is 6.57. The number of hydrogen-bond donors (Lipinski definition) is 0. The van der Waals surface area contributed by atoms with Gasteiger partial charge >= 0.3 is 0 Å². The SMILES string of the molecule is CCSC1CC(C(C)=O)C(C)C(N(C)C2CCOCC2)C1. The standard InChI is InChI=1S/C17H31NO2S/c1-5-21-15-10-16(13(3)19)12(2)17(11-15)18(4)14-6-8-20-9-7-14/h12,14-17H,5-11H2,1-4H3. The third-order valence-electron chi connectivity index (χ3n) is 5.48. The third kappa shape index (κ3) is 4.23. The van der Waals surface area contributed by atoms with Crippen molar-refractivity contribution in [2.45, 2.75) is 63.8 Å². The van der Waals surface area contributed by atoms with Gasteiger partial charge in [-0.1, -0.05) is 13.8 Å². The fourth-order valence-corrected chi connectivity index (χ4v) is 5.30. The van der Waals surface area contributed by atoms with Crippen molar-refractivity contribution < 1.29 is 9.53 Å². The van der Waals surface area contributed by atoms with Gasteiger partial charge in [-0.15, -0.1) is 0 Å². The number of ketones is 1. The quantitative estimate of drug-likeness (QED) is 0.779. The van der Waals surface area contributed by atoms with E-state index in [0.29, 0.717) is 29.0 Å². The largest absolute Gasteiger partial charge is 0.381 e. The second-order valence-electron chi connectivity index (χ2n) is 6.70. The summed E-state index contributed by atoms with van der Waals surface area (Å²) in [6.45, 7) is 8.08. The molecule has 1 aliphatic heterocycles. The average Bonchev–Trinajstić information content (AvgIpc) is 2.49. The van der Waals surface area contributed by atoms with Crippen LogP contribution in [0.3, 0.4) is 0 Å². The Hall–Kier alpha value is -0.0600. The van der Waals surface area contributed by atoms with E-state index < -0.39 is 0 Å². The minimum atomic E-state index is 0.245. The second kappa shape index (κ2) is 7.98. The van der Waals surface area contributed by atoms with Crippen LogP contribution in [-0.4, -0.2) is 54.0 Å². The number of rotatable bonds is 5. The van der Waals surface area contributed by atoms with Crippen molar-refractivity contribution >= 4 is 17.5 Å². The van der Waals surface area contributed by atoms with Crippen LogP contribution in [0.2, 0.25) is 0 Å². The highest BCUT2D eigenvalue weighted by Crippen LogP contribution is 2.39. The van der Waals surface area contributed by atoms with E-state index >= 15 is 0 Å². The number of thioether (sulfide) groups is 1. The summed E-state index contributed by atoms with van der Waals surface area (Å²) in [6, 6.07) is 1.17. The molecule has 0 aromatic heterocycles. The van der Waals surface area contributed by atoms with E-state index in [1.807, 2.05) is 11.8 Å². The molecular weight excluding hydrogens is 282 g/mol. The molecule has 0 aromatic rings. The van der Waals surface area contributed by atoms with Gasteiger partial charge < -0.3 is 4.74 Å². The van der Waals surface area contributed by atoms with Gasteiger partial charge in [0.05, 0.1) is 0 Å². The Balaban J connectivity index is 2.08. The molecule has 1 saturated carbocycles. The van der Waals surface area contributed by atoms with Crippen LogP contribution in [0.4, 0.5) is 0 Å². The molecule has 0 spiro atoms. The van der Waals surface area contributed by atoms with Crippen molar-refractivity contribution in [3.05, 3.63) is 0 Å². The number of ether oxygens (including phenoxy) is 1. The molecule has 4 unspecified atom stereocenters. The lowest BCUT2D eigenvalue weighted by atomic mass is 9.74. The van der Waals surface area contributed by atoms with E-state index in [1.54, 1.807) is 6.92 Å². The molecule has 4 heteroatoms. The van der Waals surface area contributed by atoms with E-state index in [4.69, 9.17) is 4.74 Å². The first-order valence-electron chi connectivity index (χ1n) is 8.46. The van der Waals surface area contributed by atoms with Crippen LogP contribution in [0.1, 0.15) is 46.5 Å². The maximum atomic E-state index is 12.1.